The number of esters is 1. The van der Waals surface area contributed by atoms with Gasteiger partial charge in [-0.05, 0) is 19.4 Å². The van der Waals surface area contributed by atoms with Crippen LogP contribution in [-0.2, 0) is 4.74 Å². The van der Waals surface area contributed by atoms with E-state index in [1.54, 1.807) is 13.1 Å². The molecule has 28 heavy (non-hydrogen) atoms. The minimum atomic E-state index is -0.459. The topological polar surface area (TPSA) is 72.7 Å². The average molecular weight is 412 g/mol. The number of rotatable bonds is 5. The Hall–Kier alpha value is -2.97. The lowest BCUT2D eigenvalue weighted by molar-refractivity contribution is 0.0529. The van der Waals surface area contributed by atoms with E-state index in [9.17, 15) is 9.59 Å². The van der Waals surface area contributed by atoms with Crippen LogP contribution in [0.15, 0.2) is 47.3 Å². The Balaban J connectivity index is 1.69. The summed E-state index contributed by atoms with van der Waals surface area (Å²) in [5.74, 6) is -0.818. The number of amides is 1. The third kappa shape index (κ3) is 3.32. The molecule has 0 aliphatic heterocycles. The van der Waals surface area contributed by atoms with Crippen LogP contribution >= 0.6 is 22.7 Å². The lowest BCUT2D eigenvalue weighted by Gasteiger charge is -2.08. The summed E-state index contributed by atoms with van der Waals surface area (Å²) in [6, 6.07) is 9.56. The highest BCUT2D eigenvalue weighted by molar-refractivity contribution is 7.15. The maximum absolute atomic E-state index is 12.7. The summed E-state index contributed by atoms with van der Waals surface area (Å²) in [6.07, 6.45) is 1.70. The summed E-state index contributed by atoms with van der Waals surface area (Å²) in [4.78, 5) is 30.5. The summed E-state index contributed by atoms with van der Waals surface area (Å²) in [5.41, 5.74) is 3.31. The van der Waals surface area contributed by atoms with Crippen molar-refractivity contribution in [2.75, 3.05) is 11.9 Å². The molecular weight excluding hydrogens is 394 g/mol. The van der Waals surface area contributed by atoms with Crippen LogP contribution in [0.25, 0.3) is 16.1 Å². The first-order valence-corrected chi connectivity index (χ1v) is 10.4. The largest absolute Gasteiger partial charge is 0.462 e. The van der Waals surface area contributed by atoms with Crippen molar-refractivity contribution >= 4 is 44.5 Å². The van der Waals surface area contributed by atoms with E-state index in [1.807, 2.05) is 52.4 Å². The Morgan fingerprint density at radius 1 is 1.18 bits per heavy atom. The van der Waals surface area contributed by atoms with Gasteiger partial charge >= 0.3 is 5.97 Å². The van der Waals surface area contributed by atoms with Gasteiger partial charge in [0.1, 0.15) is 16.3 Å². The number of imidazole rings is 1. The Morgan fingerprint density at radius 2 is 1.96 bits per heavy atom. The number of thiophene rings is 1. The Bertz CT molecular complexity index is 1160. The number of aryl methyl sites for hydroxylation is 1. The molecule has 0 saturated heterocycles. The lowest BCUT2D eigenvalue weighted by Crippen LogP contribution is -2.15. The summed E-state index contributed by atoms with van der Waals surface area (Å²) >= 11 is 2.77. The number of nitrogens with one attached hydrogen (secondary N) is 1. The van der Waals surface area contributed by atoms with E-state index in [-0.39, 0.29) is 12.5 Å². The van der Waals surface area contributed by atoms with Gasteiger partial charge in [0.05, 0.1) is 6.61 Å². The SMILES string of the molecule is CCOC(=O)c1c(-c2ccccc2)csc1NC(=O)c1cn2c(C)csc2n1. The monoisotopic (exact) mass is 411 g/mol. The molecule has 6 nitrogen and oxygen atoms in total. The minimum absolute atomic E-state index is 0.257. The maximum atomic E-state index is 12.7. The average Bonchev–Trinajstić information content (AvgIpc) is 3.39. The van der Waals surface area contributed by atoms with Crippen molar-refractivity contribution in [2.24, 2.45) is 0 Å². The molecule has 1 amide bonds. The van der Waals surface area contributed by atoms with Gasteiger partial charge in [0.2, 0.25) is 0 Å². The van der Waals surface area contributed by atoms with Crippen molar-refractivity contribution in [3.8, 4) is 11.1 Å². The Labute approximate surface area is 169 Å². The molecule has 0 aliphatic rings. The molecule has 3 aromatic heterocycles. The predicted molar refractivity (Wildman–Crippen MR) is 111 cm³/mol. The number of ether oxygens (including phenoxy) is 1. The molecule has 0 spiro atoms. The second-order valence-electron chi connectivity index (χ2n) is 6.05. The number of fused-ring (bicyclic) bond motifs is 1. The first-order valence-electron chi connectivity index (χ1n) is 8.67. The van der Waals surface area contributed by atoms with Crippen LogP contribution in [0, 0.1) is 6.92 Å². The molecule has 0 saturated carbocycles. The van der Waals surface area contributed by atoms with Crippen molar-refractivity contribution in [3.63, 3.8) is 0 Å². The second kappa shape index (κ2) is 7.57. The van der Waals surface area contributed by atoms with Gasteiger partial charge in [-0.3, -0.25) is 9.20 Å². The first-order chi connectivity index (χ1) is 13.6. The molecule has 142 valence electrons. The zero-order valence-electron chi connectivity index (χ0n) is 15.3. The highest BCUT2D eigenvalue weighted by atomic mass is 32.1. The van der Waals surface area contributed by atoms with Crippen LogP contribution in [0.1, 0.15) is 33.5 Å². The van der Waals surface area contributed by atoms with E-state index >= 15 is 0 Å². The van der Waals surface area contributed by atoms with Gasteiger partial charge < -0.3 is 10.1 Å². The number of hydrogen-bond donors (Lipinski definition) is 1. The lowest BCUT2D eigenvalue weighted by atomic mass is 10.0. The molecule has 8 heteroatoms. The fourth-order valence-corrected chi connectivity index (χ4v) is 4.66. The molecule has 3 heterocycles. The Morgan fingerprint density at radius 3 is 2.68 bits per heavy atom. The number of nitrogens with zero attached hydrogens (tertiary/aromatic N) is 2. The maximum Gasteiger partial charge on any atom is 0.341 e. The van der Waals surface area contributed by atoms with Gasteiger partial charge in [0, 0.05) is 28.2 Å². The van der Waals surface area contributed by atoms with E-state index in [0.717, 1.165) is 21.8 Å². The van der Waals surface area contributed by atoms with Crippen LogP contribution in [0.3, 0.4) is 0 Å². The van der Waals surface area contributed by atoms with Crippen molar-refractivity contribution in [1.82, 2.24) is 9.38 Å². The molecule has 0 atom stereocenters. The molecule has 4 rings (SSSR count). The normalized spacial score (nSPS) is 10.9. The summed E-state index contributed by atoms with van der Waals surface area (Å²) in [5, 5.41) is 7.12. The summed E-state index contributed by atoms with van der Waals surface area (Å²) in [7, 11) is 0. The van der Waals surface area contributed by atoms with Crippen molar-refractivity contribution in [1.29, 1.82) is 0 Å². The van der Waals surface area contributed by atoms with Gasteiger partial charge in [0.25, 0.3) is 5.91 Å². The molecule has 0 fully saturated rings. The van der Waals surface area contributed by atoms with E-state index in [2.05, 4.69) is 10.3 Å². The van der Waals surface area contributed by atoms with Crippen LogP contribution in [0.2, 0.25) is 0 Å². The van der Waals surface area contributed by atoms with Crippen molar-refractivity contribution < 1.29 is 14.3 Å². The smallest absolute Gasteiger partial charge is 0.341 e. The number of anilines is 1. The standard InChI is InChI=1S/C20H17N3O3S2/c1-3-26-19(25)16-14(13-7-5-4-6-8-13)11-27-18(16)22-17(24)15-9-23-12(2)10-28-20(23)21-15/h4-11H,3H2,1-2H3,(H,22,24). The number of carbonyl (C=O) groups excluding carboxylic acids is 2. The van der Waals surface area contributed by atoms with Gasteiger partial charge in [-0.15, -0.1) is 22.7 Å². The highest BCUT2D eigenvalue weighted by Crippen LogP contribution is 2.36. The fraction of sp³-hybridized carbons (Fsp3) is 0.150. The quantitative estimate of drug-likeness (QED) is 0.476. The van der Waals surface area contributed by atoms with Gasteiger partial charge in [-0.1, -0.05) is 30.3 Å². The number of carbonyl (C=O) groups is 2. The Kier molecular flexibility index (Phi) is 4.97. The van der Waals surface area contributed by atoms with Gasteiger partial charge in [0.15, 0.2) is 4.96 Å². The number of benzene rings is 1. The van der Waals surface area contributed by atoms with E-state index in [0.29, 0.717) is 16.3 Å². The zero-order valence-corrected chi connectivity index (χ0v) is 16.9. The molecule has 0 aliphatic carbocycles. The van der Waals surface area contributed by atoms with E-state index < -0.39 is 5.97 Å². The second-order valence-corrected chi connectivity index (χ2v) is 7.77. The number of hydrogen-bond acceptors (Lipinski definition) is 6. The summed E-state index contributed by atoms with van der Waals surface area (Å²) in [6.45, 7) is 3.97. The van der Waals surface area contributed by atoms with Crippen LogP contribution in [0.4, 0.5) is 5.00 Å². The van der Waals surface area contributed by atoms with Gasteiger partial charge in [-0.2, -0.15) is 0 Å². The molecule has 1 aromatic carbocycles. The predicted octanol–water partition coefficient (Wildman–Crippen LogP) is 4.86. The fourth-order valence-electron chi connectivity index (χ4n) is 2.86. The van der Waals surface area contributed by atoms with Crippen LogP contribution < -0.4 is 5.32 Å². The first kappa shape index (κ1) is 18.4. The van der Waals surface area contributed by atoms with E-state index in [4.69, 9.17) is 4.74 Å². The molecule has 1 N–H and O–H groups in total. The molecular formula is C20H17N3O3S2. The summed E-state index contributed by atoms with van der Waals surface area (Å²) < 4.78 is 7.10. The number of thiazole rings is 1. The van der Waals surface area contributed by atoms with Crippen molar-refractivity contribution in [3.05, 3.63) is 64.2 Å². The third-order valence-corrected chi connectivity index (χ3v) is 6.06. The molecule has 4 aromatic rings. The minimum Gasteiger partial charge on any atom is -0.462 e. The van der Waals surface area contributed by atoms with Gasteiger partial charge in [-0.25, -0.2) is 9.78 Å². The number of aromatic nitrogens is 2. The third-order valence-electron chi connectivity index (χ3n) is 4.20. The highest BCUT2D eigenvalue weighted by Gasteiger charge is 2.24. The molecule has 0 radical (unpaired) electrons. The molecule has 0 bridgehead atoms. The van der Waals surface area contributed by atoms with Crippen LogP contribution in [0.5, 0.6) is 0 Å². The van der Waals surface area contributed by atoms with Crippen molar-refractivity contribution in [2.45, 2.75) is 13.8 Å². The zero-order chi connectivity index (χ0) is 19.7. The molecule has 0 unspecified atom stereocenters. The van der Waals surface area contributed by atoms with E-state index in [1.165, 1.54) is 22.7 Å². The van der Waals surface area contributed by atoms with Crippen LogP contribution in [-0.4, -0.2) is 27.9 Å².